The van der Waals surface area contributed by atoms with Gasteiger partial charge < -0.3 is 14.6 Å². The molecule has 6 heteroatoms. The molecule has 6 nitrogen and oxygen atoms in total. The number of ether oxygens (including phenoxy) is 1. The first-order chi connectivity index (χ1) is 12.2. The van der Waals surface area contributed by atoms with Crippen LogP contribution in [0.25, 0.3) is 0 Å². The first kappa shape index (κ1) is 15.1. The van der Waals surface area contributed by atoms with Crippen molar-refractivity contribution in [3.05, 3.63) is 53.6 Å². The van der Waals surface area contributed by atoms with Crippen molar-refractivity contribution >= 4 is 5.91 Å². The topological polar surface area (TPSA) is 61.5 Å². The third-order valence-corrected chi connectivity index (χ3v) is 6.04. The molecule has 2 aromatic rings. The summed E-state index contributed by atoms with van der Waals surface area (Å²) >= 11 is 0. The minimum Gasteiger partial charge on any atom is -0.351 e. The van der Waals surface area contributed by atoms with Gasteiger partial charge in [-0.25, -0.2) is 4.98 Å². The van der Waals surface area contributed by atoms with Gasteiger partial charge in [0.1, 0.15) is 0 Å². The molecule has 1 aromatic heterocycles. The van der Waals surface area contributed by atoms with E-state index in [1.54, 1.807) is 6.33 Å². The third-order valence-electron chi connectivity index (χ3n) is 6.04. The fourth-order valence-electron chi connectivity index (χ4n) is 4.78. The molecule has 1 spiro atoms. The second-order valence-corrected chi connectivity index (χ2v) is 7.26. The number of imidazole rings is 1. The Kier molecular flexibility index (Phi) is 3.27. The van der Waals surface area contributed by atoms with Crippen LogP contribution in [0.3, 0.4) is 0 Å². The molecule has 25 heavy (non-hydrogen) atoms. The quantitative estimate of drug-likeness (QED) is 0.930. The van der Waals surface area contributed by atoms with Gasteiger partial charge in [-0.2, -0.15) is 0 Å². The normalized spacial score (nSPS) is 31.6. The SMILES string of the molecule is Cc1[nH]cnc1CN1CC[C@@]23OC[C@@H](c4ccccc4)N2C(=O)C[C@@H]13. The van der Waals surface area contributed by atoms with E-state index in [4.69, 9.17) is 4.74 Å². The van der Waals surface area contributed by atoms with Crippen LogP contribution in [0.5, 0.6) is 0 Å². The van der Waals surface area contributed by atoms with E-state index in [1.165, 1.54) is 0 Å². The van der Waals surface area contributed by atoms with Gasteiger partial charge in [0.25, 0.3) is 0 Å². The van der Waals surface area contributed by atoms with E-state index < -0.39 is 5.72 Å². The number of hydrogen-bond donors (Lipinski definition) is 1. The van der Waals surface area contributed by atoms with Gasteiger partial charge in [-0.15, -0.1) is 0 Å². The Morgan fingerprint density at radius 3 is 2.96 bits per heavy atom. The number of aromatic nitrogens is 2. The number of rotatable bonds is 3. The lowest BCUT2D eigenvalue weighted by Crippen LogP contribution is -2.48. The largest absolute Gasteiger partial charge is 0.351 e. The number of likely N-dealkylation sites (tertiary alicyclic amines) is 1. The number of aryl methyl sites for hydroxylation is 1. The Labute approximate surface area is 146 Å². The summed E-state index contributed by atoms with van der Waals surface area (Å²) in [4.78, 5) is 24.8. The lowest BCUT2D eigenvalue weighted by atomic mass is 10.0. The van der Waals surface area contributed by atoms with E-state index in [0.717, 1.165) is 36.5 Å². The zero-order valence-corrected chi connectivity index (χ0v) is 14.3. The second-order valence-electron chi connectivity index (χ2n) is 7.26. The molecule has 0 unspecified atom stereocenters. The highest BCUT2D eigenvalue weighted by Gasteiger charge is 2.64. The van der Waals surface area contributed by atoms with Gasteiger partial charge in [0.2, 0.25) is 5.91 Å². The first-order valence-electron chi connectivity index (χ1n) is 8.93. The molecule has 4 heterocycles. The van der Waals surface area contributed by atoms with Gasteiger partial charge in [0.05, 0.1) is 30.7 Å². The number of aromatic amines is 1. The summed E-state index contributed by atoms with van der Waals surface area (Å²) in [6.07, 6.45) is 3.14. The van der Waals surface area contributed by atoms with Crippen molar-refractivity contribution in [1.29, 1.82) is 0 Å². The van der Waals surface area contributed by atoms with Crippen LogP contribution in [-0.2, 0) is 16.1 Å². The summed E-state index contributed by atoms with van der Waals surface area (Å²) in [6, 6.07) is 10.4. The number of nitrogens with zero attached hydrogens (tertiary/aromatic N) is 3. The maximum atomic E-state index is 12.9. The minimum atomic E-state index is -0.457. The fraction of sp³-hybridized carbons (Fsp3) is 0.474. The van der Waals surface area contributed by atoms with E-state index in [9.17, 15) is 4.79 Å². The van der Waals surface area contributed by atoms with Crippen LogP contribution >= 0.6 is 0 Å². The molecule has 3 aliphatic heterocycles. The van der Waals surface area contributed by atoms with E-state index in [1.807, 2.05) is 30.0 Å². The smallest absolute Gasteiger partial charge is 0.227 e. The molecule has 3 aliphatic rings. The molecule has 5 rings (SSSR count). The average molecular weight is 338 g/mol. The Morgan fingerprint density at radius 2 is 2.20 bits per heavy atom. The number of hydrogen-bond acceptors (Lipinski definition) is 4. The van der Waals surface area contributed by atoms with Gasteiger partial charge in [-0.3, -0.25) is 9.69 Å². The van der Waals surface area contributed by atoms with Crippen LogP contribution in [0.1, 0.15) is 35.8 Å². The summed E-state index contributed by atoms with van der Waals surface area (Å²) in [6.45, 7) is 4.32. The van der Waals surface area contributed by atoms with E-state index in [0.29, 0.717) is 13.0 Å². The molecule has 0 bridgehead atoms. The van der Waals surface area contributed by atoms with Gasteiger partial charge in [0, 0.05) is 31.6 Å². The van der Waals surface area contributed by atoms with Crippen LogP contribution < -0.4 is 0 Å². The number of carbonyl (C=O) groups is 1. The van der Waals surface area contributed by atoms with Crippen LogP contribution in [0, 0.1) is 6.92 Å². The molecule has 1 amide bonds. The number of nitrogens with one attached hydrogen (secondary N) is 1. The first-order valence-corrected chi connectivity index (χ1v) is 8.93. The molecule has 3 atom stereocenters. The van der Waals surface area contributed by atoms with Crippen molar-refractivity contribution < 1.29 is 9.53 Å². The van der Waals surface area contributed by atoms with Crippen LogP contribution in [0.15, 0.2) is 36.7 Å². The molecule has 0 saturated carbocycles. The Hall–Kier alpha value is -2.18. The Bertz CT molecular complexity index is 805. The van der Waals surface area contributed by atoms with E-state index >= 15 is 0 Å². The van der Waals surface area contributed by atoms with Gasteiger partial charge in [-0.05, 0) is 12.5 Å². The van der Waals surface area contributed by atoms with Crippen LogP contribution in [0.4, 0.5) is 0 Å². The average Bonchev–Trinajstić information content (AvgIpc) is 3.34. The van der Waals surface area contributed by atoms with Crippen LogP contribution in [0.2, 0.25) is 0 Å². The predicted octanol–water partition coefficient (Wildman–Crippen LogP) is 1.99. The fourth-order valence-corrected chi connectivity index (χ4v) is 4.78. The van der Waals surface area contributed by atoms with Gasteiger partial charge in [-0.1, -0.05) is 30.3 Å². The lowest BCUT2D eigenvalue weighted by Gasteiger charge is -2.33. The van der Waals surface area contributed by atoms with Crippen molar-refractivity contribution in [3.63, 3.8) is 0 Å². The van der Waals surface area contributed by atoms with E-state index in [-0.39, 0.29) is 18.0 Å². The zero-order chi connectivity index (χ0) is 17.0. The second kappa shape index (κ2) is 5.41. The number of H-pyrrole nitrogens is 1. The van der Waals surface area contributed by atoms with Crippen molar-refractivity contribution in [2.45, 2.75) is 44.1 Å². The van der Waals surface area contributed by atoms with Crippen molar-refractivity contribution in [1.82, 2.24) is 19.8 Å². The molecule has 3 fully saturated rings. The van der Waals surface area contributed by atoms with Gasteiger partial charge in [0.15, 0.2) is 5.72 Å². The van der Waals surface area contributed by atoms with Gasteiger partial charge >= 0.3 is 0 Å². The highest BCUT2D eigenvalue weighted by Crippen LogP contribution is 2.51. The Morgan fingerprint density at radius 1 is 1.36 bits per heavy atom. The molecular weight excluding hydrogens is 316 g/mol. The summed E-state index contributed by atoms with van der Waals surface area (Å²) < 4.78 is 6.34. The summed E-state index contributed by atoms with van der Waals surface area (Å²) in [5, 5.41) is 0. The van der Waals surface area contributed by atoms with Crippen molar-refractivity contribution in [2.75, 3.05) is 13.2 Å². The van der Waals surface area contributed by atoms with E-state index in [2.05, 4.69) is 27.0 Å². The summed E-state index contributed by atoms with van der Waals surface area (Å²) in [5.41, 5.74) is 2.86. The molecule has 3 saturated heterocycles. The predicted molar refractivity (Wildman–Crippen MR) is 91.5 cm³/mol. The monoisotopic (exact) mass is 338 g/mol. The zero-order valence-electron chi connectivity index (χ0n) is 14.3. The number of benzene rings is 1. The molecule has 130 valence electrons. The van der Waals surface area contributed by atoms with Crippen molar-refractivity contribution in [3.8, 4) is 0 Å². The molecular formula is C19H22N4O2. The highest BCUT2D eigenvalue weighted by atomic mass is 16.5. The highest BCUT2D eigenvalue weighted by molar-refractivity contribution is 5.82. The number of amides is 1. The Balaban J connectivity index is 1.44. The maximum Gasteiger partial charge on any atom is 0.227 e. The summed E-state index contributed by atoms with van der Waals surface area (Å²) in [5.74, 6) is 0.208. The third kappa shape index (κ3) is 2.10. The van der Waals surface area contributed by atoms with Crippen molar-refractivity contribution in [2.24, 2.45) is 0 Å². The standard InChI is InChI=1S/C19H22N4O2/c1-13-15(21-12-20-13)10-22-8-7-19-17(22)9-18(24)23(19)16(11-25-19)14-5-3-2-4-6-14/h2-6,12,16-17H,7-11H2,1H3,(H,20,21)/t16-,17+,19-/m0/s1. The lowest BCUT2D eigenvalue weighted by molar-refractivity contribution is -0.138. The summed E-state index contributed by atoms with van der Waals surface area (Å²) in [7, 11) is 0. The molecule has 0 aliphatic carbocycles. The molecule has 1 aromatic carbocycles. The number of carbonyl (C=O) groups excluding carboxylic acids is 1. The molecule has 0 radical (unpaired) electrons. The van der Waals surface area contributed by atoms with Crippen LogP contribution in [-0.4, -0.2) is 50.6 Å². The minimum absolute atomic E-state index is 0.0331. The maximum absolute atomic E-state index is 12.9. The molecule has 1 N–H and O–H groups in total.